The van der Waals surface area contributed by atoms with Crippen molar-refractivity contribution in [3.8, 4) is 27.6 Å². The summed E-state index contributed by atoms with van der Waals surface area (Å²) in [4.78, 5) is 29.5. The standard InChI is InChI=1S/C26H16ClNO4S/c27-19-9-6-16(7-10-19)12-24(29)31-20-11-8-18-13-21(26(30)32-23(18)14-20)25-28-22(15-33-25)17-4-2-1-3-5-17/h1-11,13-15H,12H2. The first kappa shape index (κ1) is 21.1. The summed E-state index contributed by atoms with van der Waals surface area (Å²) in [5, 5.41) is 3.81. The molecule has 2 heterocycles. The average molecular weight is 474 g/mol. The zero-order valence-electron chi connectivity index (χ0n) is 17.2. The molecule has 0 saturated carbocycles. The van der Waals surface area contributed by atoms with Gasteiger partial charge < -0.3 is 9.15 Å². The molecule has 0 unspecified atom stereocenters. The van der Waals surface area contributed by atoms with Gasteiger partial charge in [0, 0.05) is 27.4 Å². The summed E-state index contributed by atoms with van der Waals surface area (Å²) < 4.78 is 10.9. The number of fused-ring (bicyclic) bond motifs is 1. The molecule has 0 aliphatic heterocycles. The Hall–Kier alpha value is -3.74. The lowest BCUT2D eigenvalue weighted by atomic mass is 10.1. The van der Waals surface area contributed by atoms with Crippen LogP contribution in [0.15, 0.2) is 93.5 Å². The number of rotatable bonds is 5. The van der Waals surface area contributed by atoms with Gasteiger partial charge in [-0.05, 0) is 35.9 Å². The summed E-state index contributed by atoms with van der Waals surface area (Å²) >= 11 is 7.26. The number of halogens is 1. The van der Waals surface area contributed by atoms with Gasteiger partial charge in [0.1, 0.15) is 16.3 Å². The molecule has 0 radical (unpaired) electrons. The maximum Gasteiger partial charge on any atom is 0.346 e. The van der Waals surface area contributed by atoms with E-state index < -0.39 is 11.6 Å². The Morgan fingerprint density at radius 1 is 1.00 bits per heavy atom. The zero-order chi connectivity index (χ0) is 22.8. The molecule has 0 atom stereocenters. The summed E-state index contributed by atoms with van der Waals surface area (Å²) in [7, 11) is 0. The maximum atomic E-state index is 12.7. The van der Waals surface area contributed by atoms with E-state index in [1.807, 2.05) is 35.7 Å². The van der Waals surface area contributed by atoms with Crippen LogP contribution in [0.5, 0.6) is 5.75 Å². The fraction of sp³-hybridized carbons (Fsp3) is 0.0385. The molecule has 3 aromatic carbocycles. The van der Waals surface area contributed by atoms with E-state index >= 15 is 0 Å². The number of hydrogen-bond acceptors (Lipinski definition) is 6. The third-order valence-electron chi connectivity index (χ3n) is 5.00. The van der Waals surface area contributed by atoms with Gasteiger partial charge in [-0.15, -0.1) is 11.3 Å². The molecule has 0 fully saturated rings. The van der Waals surface area contributed by atoms with E-state index in [4.69, 9.17) is 20.8 Å². The smallest absolute Gasteiger partial charge is 0.346 e. The van der Waals surface area contributed by atoms with Gasteiger partial charge in [-0.2, -0.15) is 0 Å². The lowest BCUT2D eigenvalue weighted by Crippen LogP contribution is -2.11. The Morgan fingerprint density at radius 3 is 2.58 bits per heavy atom. The predicted octanol–water partition coefficient (Wildman–Crippen LogP) is 6.39. The number of nitrogens with zero attached hydrogens (tertiary/aromatic N) is 1. The van der Waals surface area contributed by atoms with Gasteiger partial charge in [0.05, 0.1) is 17.7 Å². The molecule has 0 bridgehead atoms. The van der Waals surface area contributed by atoms with Crippen LogP contribution in [0, 0.1) is 0 Å². The molecular weight excluding hydrogens is 458 g/mol. The second-order valence-corrected chi connectivity index (χ2v) is 8.62. The van der Waals surface area contributed by atoms with Gasteiger partial charge in [0.25, 0.3) is 0 Å². The monoisotopic (exact) mass is 473 g/mol. The SMILES string of the molecule is O=C(Cc1ccc(Cl)cc1)Oc1ccc2cc(-c3nc(-c4ccccc4)cs3)c(=O)oc2c1. The van der Waals surface area contributed by atoms with Gasteiger partial charge in [-0.3, -0.25) is 4.79 Å². The zero-order valence-corrected chi connectivity index (χ0v) is 18.7. The maximum absolute atomic E-state index is 12.7. The molecule has 0 amide bonds. The Kier molecular flexibility index (Phi) is 5.77. The van der Waals surface area contributed by atoms with Gasteiger partial charge in [0.15, 0.2) is 0 Å². The van der Waals surface area contributed by atoms with Crippen molar-refractivity contribution in [1.29, 1.82) is 0 Å². The molecule has 0 N–H and O–H groups in total. The van der Waals surface area contributed by atoms with Crippen LogP contribution in [0.1, 0.15) is 5.56 Å². The third-order valence-corrected chi connectivity index (χ3v) is 6.13. The lowest BCUT2D eigenvalue weighted by molar-refractivity contribution is -0.133. The minimum absolute atomic E-state index is 0.103. The molecule has 0 spiro atoms. The van der Waals surface area contributed by atoms with Crippen molar-refractivity contribution in [2.75, 3.05) is 0 Å². The largest absolute Gasteiger partial charge is 0.426 e. The highest BCUT2D eigenvalue weighted by Crippen LogP contribution is 2.29. The fourth-order valence-electron chi connectivity index (χ4n) is 3.38. The number of thiazole rings is 1. The number of hydrogen-bond donors (Lipinski definition) is 0. The number of carbonyl (C=O) groups is 1. The quantitative estimate of drug-likeness (QED) is 0.168. The Morgan fingerprint density at radius 2 is 1.79 bits per heavy atom. The molecule has 7 heteroatoms. The third kappa shape index (κ3) is 4.72. The Labute approximate surface area is 197 Å². The average Bonchev–Trinajstić information content (AvgIpc) is 3.31. The minimum atomic E-state index is -0.499. The molecule has 2 aromatic heterocycles. The summed E-state index contributed by atoms with van der Waals surface area (Å²) in [6.45, 7) is 0. The summed E-state index contributed by atoms with van der Waals surface area (Å²) in [6, 6.07) is 23.4. The molecule has 5 rings (SSSR count). The van der Waals surface area contributed by atoms with Crippen molar-refractivity contribution in [1.82, 2.24) is 4.98 Å². The van der Waals surface area contributed by atoms with E-state index in [0.717, 1.165) is 16.8 Å². The van der Waals surface area contributed by atoms with Crippen LogP contribution in [0.2, 0.25) is 5.02 Å². The van der Waals surface area contributed by atoms with Crippen molar-refractivity contribution < 1.29 is 13.9 Å². The van der Waals surface area contributed by atoms with Crippen molar-refractivity contribution in [3.63, 3.8) is 0 Å². The molecule has 162 valence electrons. The van der Waals surface area contributed by atoms with Gasteiger partial charge >= 0.3 is 11.6 Å². The van der Waals surface area contributed by atoms with Crippen LogP contribution in [0.3, 0.4) is 0 Å². The first-order chi connectivity index (χ1) is 16.0. The highest BCUT2D eigenvalue weighted by molar-refractivity contribution is 7.13. The normalized spacial score (nSPS) is 10.9. The predicted molar refractivity (Wildman–Crippen MR) is 130 cm³/mol. The van der Waals surface area contributed by atoms with E-state index in [1.165, 1.54) is 17.4 Å². The van der Waals surface area contributed by atoms with Crippen LogP contribution < -0.4 is 10.4 Å². The fourth-order valence-corrected chi connectivity index (χ4v) is 4.34. The van der Waals surface area contributed by atoms with Crippen molar-refractivity contribution in [3.05, 3.63) is 105 Å². The number of benzene rings is 3. The number of esters is 1. The lowest BCUT2D eigenvalue weighted by Gasteiger charge is -2.06. The Bertz CT molecular complexity index is 1510. The van der Waals surface area contributed by atoms with E-state index in [2.05, 4.69) is 4.98 Å². The molecule has 0 aliphatic rings. The minimum Gasteiger partial charge on any atom is -0.426 e. The summed E-state index contributed by atoms with van der Waals surface area (Å²) in [5.74, 6) is -0.121. The van der Waals surface area contributed by atoms with Crippen LogP contribution >= 0.6 is 22.9 Å². The van der Waals surface area contributed by atoms with Crippen LogP contribution in [-0.2, 0) is 11.2 Å². The topological polar surface area (TPSA) is 69.4 Å². The highest BCUT2D eigenvalue weighted by Gasteiger charge is 2.14. The van der Waals surface area contributed by atoms with Crippen LogP contribution in [0.25, 0.3) is 32.8 Å². The van der Waals surface area contributed by atoms with Gasteiger partial charge in [-0.1, -0.05) is 54.1 Å². The number of ether oxygens (including phenoxy) is 1. The van der Waals surface area contributed by atoms with E-state index in [0.29, 0.717) is 32.3 Å². The van der Waals surface area contributed by atoms with Crippen molar-refractivity contribution in [2.24, 2.45) is 0 Å². The molecule has 33 heavy (non-hydrogen) atoms. The molecule has 0 aliphatic carbocycles. The number of aromatic nitrogens is 1. The Balaban J connectivity index is 1.38. The molecule has 5 aromatic rings. The molecule has 5 nitrogen and oxygen atoms in total. The first-order valence-electron chi connectivity index (χ1n) is 10.1. The van der Waals surface area contributed by atoms with E-state index in [9.17, 15) is 9.59 Å². The van der Waals surface area contributed by atoms with Gasteiger partial charge in [-0.25, -0.2) is 9.78 Å². The first-order valence-corrected chi connectivity index (χ1v) is 11.4. The second-order valence-electron chi connectivity index (χ2n) is 7.33. The second kappa shape index (κ2) is 9.02. The van der Waals surface area contributed by atoms with Crippen molar-refractivity contribution in [2.45, 2.75) is 6.42 Å². The van der Waals surface area contributed by atoms with Crippen LogP contribution in [0.4, 0.5) is 0 Å². The molecular formula is C26H16ClNO4S. The summed E-state index contributed by atoms with van der Waals surface area (Å²) in [5.41, 5.74) is 2.80. The van der Waals surface area contributed by atoms with E-state index in [1.54, 1.807) is 42.5 Å². The number of carbonyl (C=O) groups excluding carboxylic acids is 1. The summed E-state index contributed by atoms with van der Waals surface area (Å²) in [6.07, 6.45) is 0.103. The molecule has 0 saturated heterocycles. The van der Waals surface area contributed by atoms with E-state index in [-0.39, 0.29) is 6.42 Å². The van der Waals surface area contributed by atoms with Crippen molar-refractivity contribution >= 4 is 39.9 Å². The highest BCUT2D eigenvalue weighted by atomic mass is 35.5. The van der Waals surface area contributed by atoms with Gasteiger partial charge in [0.2, 0.25) is 0 Å². The van der Waals surface area contributed by atoms with Crippen LogP contribution in [-0.4, -0.2) is 11.0 Å².